The highest BCUT2D eigenvalue weighted by Crippen LogP contribution is 2.32. The average Bonchev–Trinajstić information content (AvgIpc) is 2.91. The van der Waals surface area contributed by atoms with Crippen LogP contribution in [0.4, 0.5) is 0 Å². The molecule has 1 heterocycles. The molecule has 4 heteroatoms. The van der Waals surface area contributed by atoms with Crippen LogP contribution in [0.25, 0.3) is 10.8 Å². The van der Waals surface area contributed by atoms with Gasteiger partial charge < -0.3 is 15.2 Å². The van der Waals surface area contributed by atoms with Crippen LogP contribution in [0.15, 0.2) is 30.5 Å². The lowest BCUT2D eigenvalue weighted by Gasteiger charge is -2.23. The van der Waals surface area contributed by atoms with Gasteiger partial charge in [-0.3, -0.25) is 0 Å². The Morgan fingerprint density at radius 1 is 1.20 bits per heavy atom. The summed E-state index contributed by atoms with van der Waals surface area (Å²) < 4.78 is 11.3. The SMILES string of the molecule is COc1cccc2c(OCC3(N)CCCC3)nccc12. The minimum Gasteiger partial charge on any atom is -0.496 e. The molecule has 0 aliphatic heterocycles. The summed E-state index contributed by atoms with van der Waals surface area (Å²) in [6.45, 7) is 0.524. The molecule has 0 unspecified atom stereocenters. The van der Waals surface area contributed by atoms with Gasteiger partial charge in [-0.15, -0.1) is 0 Å². The number of nitrogens with zero attached hydrogens (tertiary/aromatic N) is 1. The molecule has 106 valence electrons. The van der Waals surface area contributed by atoms with E-state index in [1.807, 2.05) is 24.3 Å². The van der Waals surface area contributed by atoms with Crippen LogP contribution in [0, 0.1) is 0 Å². The molecule has 1 aromatic carbocycles. The van der Waals surface area contributed by atoms with Gasteiger partial charge >= 0.3 is 0 Å². The number of methoxy groups -OCH3 is 1. The van der Waals surface area contributed by atoms with Gasteiger partial charge in [0, 0.05) is 17.0 Å². The lowest BCUT2D eigenvalue weighted by molar-refractivity contribution is 0.216. The second-order valence-electron chi connectivity index (χ2n) is 5.53. The molecule has 4 nitrogen and oxygen atoms in total. The number of hydrogen-bond donors (Lipinski definition) is 1. The van der Waals surface area contributed by atoms with Crippen molar-refractivity contribution in [3.63, 3.8) is 0 Å². The van der Waals surface area contributed by atoms with E-state index < -0.39 is 0 Å². The molecule has 0 bridgehead atoms. The first kappa shape index (κ1) is 13.2. The molecule has 0 spiro atoms. The summed E-state index contributed by atoms with van der Waals surface area (Å²) in [5.41, 5.74) is 6.14. The van der Waals surface area contributed by atoms with E-state index >= 15 is 0 Å². The summed E-state index contributed by atoms with van der Waals surface area (Å²) >= 11 is 0. The van der Waals surface area contributed by atoms with Crippen molar-refractivity contribution < 1.29 is 9.47 Å². The van der Waals surface area contributed by atoms with Crippen molar-refractivity contribution in [2.45, 2.75) is 31.2 Å². The number of aromatic nitrogens is 1. The van der Waals surface area contributed by atoms with Crippen LogP contribution in [0.3, 0.4) is 0 Å². The number of nitrogens with two attached hydrogens (primary N) is 1. The number of benzene rings is 1. The van der Waals surface area contributed by atoms with Crippen molar-refractivity contribution in [2.24, 2.45) is 5.73 Å². The van der Waals surface area contributed by atoms with Crippen molar-refractivity contribution in [3.8, 4) is 11.6 Å². The molecule has 0 amide bonds. The molecule has 1 fully saturated rings. The maximum absolute atomic E-state index is 6.33. The molecule has 0 atom stereocenters. The zero-order valence-corrected chi connectivity index (χ0v) is 11.8. The molecule has 0 radical (unpaired) electrons. The quantitative estimate of drug-likeness (QED) is 0.929. The summed E-state index contributed by atoms with van der Waals surface area (Å²) in [6.07, 6.45) is 6.19. The van der Waals surface area contributed by atoms with Gasteiger partial charge in [0.15, 0.2) is 0 Å². The van der Waals surface area contributed by atoms with Gasteiger partial charge in [0.05, 0.1) is 12.6 Å². The maximum Gasteiger partial charge on any atom is 0.221 e. The number of pyridine rings is 1. The molecule has 3 rings (SSSR count). The van der Waals surface area contributed by atoms with Crippen molar-refractivity contribution in [1.82, 2.24) is 4.98 Å². The predicted octanol–water partition coefficient (Wildman–Crippen LogP) is 2.89. The van der Waals surface area contributed by atoms with Crippen molar-refractivity contribution in [1.29, 1.82) is 0 Å². The van der Waals surface area contributed by atoms with Crippen LogP contribution in [0.1, 0.15) is 25.7 Å². The van der Waals surface area contributed by atoms with Gasteiger partial charge in [-0.05, 0) is 31.0 Å². The Bertz CT molecular complexity index is 606. The zero-order chi connectivity index (χ0) is 14.0. The second-order valence-corrected chi connectivity index (χ2v) is 5.53. The lowest BCUT2D eigenvalue weighted by Crippen LogP contribution is -2.42. The molecule has 1 aliphatic carbocycles. The standard InChI is InChI=1S/C16H20N2O2/c1-19-14-6-4-5-13-12(14)7-10-18-15(13)20-11-16(17)8-2-3-9-16/h4-7,10H,2-3,8-9,11,17H2,1H3. The first-order valence-corrected chi connectivity index (χ1v) is 7.05. The summed E-state index contributed by atoms with van der Waals surface area (Å²) in [6, 6.07) is 7.82. The lowest BCUT2D eigenvalue weighted by atomic mass is 10.0. The number of rotatable bonds is 4. The van der Waals surface area contributed by atoms with Gasteiger partial charge in [-0.25, -0.2) is 4.98 Å². The Labute approximate surface area is 118 Å². The summed E-state index contributed by atoms with van der Waals surface area (Å²) in [4.78, 5) is 4.34. The van der Waals surface area contributed by atoms with Crippen LogP contribution in [0.5, 0.6) is 11.6 Å². The van der Waals surface area contributed by atoms with Crippen LogP contribution >= 0.6 is 0 Å². The fourth-order valence-corrected chi connectivity index (χ4v) is 2.88. The molecule has 1 aliphatic rings. The Hall–Kier alpha value is -1.81. The zero-order valence-electron chi connectivity index (χ0n) is 11.8. The van der Waals surface area contributed by atoms with Crippen LogP contribution < -0.4 is 15.2 Å². The number of ether oxygens (including phenoxy) is 2. The molecule has 20 heavy (non-hydrogen) atoms. The highest BCUT2D eigenvalue weighted by atomic mass is 16.5. The number of hydrogen-bond acceptors (Lipinski definition) is 4. The fraction of sp³-hybridized carbons (Fsp3) is 0.438. The average molecular weight is 272 g/mol. The van der Waals surface area contributed by atoms with E-state index in [0.717, 1.165) is 29.4 Å². The van der Waals surface area contributed by atoms with Gasteiger partial charge in [0.2, 0.25) is 5.88 Å². The maximum atomic E-state index is 6.33. The van der Waals surface area contributed by atoms with Gasteiger partial charge in [0.1, 0.15) is 12.4 Å². The Morgan fingerprint density at radius 3 is 2.75 bits per heavy atom. The predicted molar refractivity (Wildman–Crippen MR) is 79.2 cm³/mol. The van der Waals surface area contributed by atoms with Crippen molar-refractivity contribution >= 4 is 10.8 Å². The smallest absolute Gasteiger partial charge is 0.221 e. The van der Waals surface area contributed by atoms with Crippen LogP contribution in [0.2, 0.25) is 0 Å². The summed E-state index contributed by atoms with van der Waals surface area (Å²) in [5, 5.41) is 1.98. The molecular formula is C16H20N2O2. The van der Waals surface area contributed by atoms with Crippen molar-refractivity contribution in [2.75, 3.05) is 13.7 Å². The van der Waals surface area contributed by atoms with Crippen LogP contribution in [-0.2, 0) is 0 Å². The van der Waals surface area contributed by atoms with E-state index in [9.17, 15) is 0 Å². The van der Waals surface area contributed by atoms with E-state index in [1.54, 1.807) is 13.3 Å². The highest BCUT2D eigenvalue weighted by Gasteiger charge is 2.30. The summed E-state index contributed by atoms with van der Waals surface area (Å²) in [5.74, 6) is 1.47. The van der Waals surface area contributed by atoms with E-state index in [1.165, 1.54) is 12.8 Å². The van der Waals surface area contributed by atoms with E-state index in [2.05, 4.69) is 4.98 Å². The second kappa shape index (κ2) is 5.29. The monoisotopic (exact) mass is 272 g/mol. The van der Waals surface area contributed by atoms with Crippen LogP contribution in [-0.4, -0.2) is 24.2 Å². The first-order chi connectivity index (χ1) is 9.72. The van der Waals surface area contributed by atoms with Gasteiger partial charge in [0.25, 0.3) is 0 Å². The third kappa shape index (κ3) is 2.43. The topological polar surface area (TPSA) is 57.4 Å². The van der Waals surface area contributed by atoms with Gasteiger partial charge in [-0.1, -0.05) is 18.9 Å². The third-order valence-corrected chi connectivity index (χ3v) is 4.05. The third-order valence-electron chi connectivity index (χ3n) is 4.05. The molecule has 1 saturated carbocycles. The van der Waals surface area contributed by atoms with E-state index in [0.29, 0.717) is 12.5 Å². The molecule has 1 aromatic heterocycles. The largest absolute Gasteiger partial charge is 0.496 e. The molecular weight excluding hydrogens is 252 g/mol. The minimum atomic E-state index is -0.192. The Kier molecular flexibility index (Phi) is 3.49. The Morgan fingerprint density at radius 2 is 2.00 bits per heavy atom. The van der Waals surface area contributed by atoms with Gasteiger partial charge in [-0.2, -0.15) is 0 Å². The minimum absolute atomic E-state index is 0.192. The summed E-state index contributed by atoms with van der Waals surface area (Å²) in [7, 11) is 1.67. The first-order valence-electron chi connectivity index (χ1n) is 7.05. The Balaban J connectivity index is 1.88. The molecule has 2 N–H and O–H groups in total. The van der Waals surface area contributed by atoms with E-state index in [-0.39, 0.29) is 5.54 Å². The van der Waals surface area contributed by atoms with E-state index in [4.69, 9.17) is 15.2 Å². The fourth-order valence-electron chi connectivity index (χ4n) is 2.88. The number of fused-ring (bicyclic) bond motifs is 1. The molecule has 0 saturated heterocycles. The van der Waals surface area contributed by atoms with Crippen molar-refractivity contribution in [3.05, 3.63) is 30.5 Å². The highest BCUT2D eigenvalue weighted by molar-refractivity contribution is 5.91. The molecule has 2 aromatic rings. The normalized spacial score (nSPS) is 17.3.